The van der Waals surface area contributed by atoms with Crippen molar-refractivity contribution < 1.29 is 33.0 Å². The molecule has 0 radical (unpaired) electrons. The Morgan fingerprint density at radius 2 is 1.79 bits per heavy atom. The summed E-state index contributed by atoms with van der Waals surface area (Å²) in [5.74, 6) is -2.50. The number of methoxy groups -OCH3 is 2. The van der Waals surface area contributed by atoms with Gasteiger partial charge in [0.2, 0.25) is 5.91 Å². The van der Waals surface area contributed by atoms with E-state index in [-0.39, 0.29) is 12.2 Å². The third-order valence-corrected chi connectivity index (χ3v) is 4.15. The van der Waals surface area contributed by atoms with E-state index in [9.17, 15) is 23.5 Å². The van der Waals surface area contributed by atoms with Gasteiger partial charge in [0.25, 0.3) is 0 Å². The zero-order valence-electron chi connectivity index (χ0n) is 16.0. The van der Waals surface area contributed by atoms with Gasteiger partial charge in [-0.1, -0.05) is 6.07 Å². The summed E-state index contributed by atoms with van der Waals surface area (Å²) in [4.78, 5) is 23.5. The number of carbonyl (C=O) groups is 2. The van der Waals surface area contributed by atoms with Crippen molar-refractivity contribution in [3.63, 3.8) is 0 Å². The van der Waals surface area contributed by atoms with Gasteiger partial charge in [-0.05, 0) is 42.8 Å². The molecule has 0 aliphatic rings. The molecule has 1 unspecified atom stereocenters. The largest absolute Gasteiger partial charge is 0.493 e. The zero-order valence-corrected chi connectivity index (χ0v) is 16.0. The number of rotatable bonds is 10. The second-order valence-corrected chi connectivity index (χ2v) is 6.16. The highest BCUT2D eigenvalue weighted by molar-refractivity contribution is 5.94. The average Bonchev–Trinajstić information content (AvgIpc) is 2.69. The number of hydrogen-bond acceptors (Lipinski definition) is 5. The molecule has 7 nitrogen and oxygen atoms in total. The minimum atomic E-state index is -1.22. The Morgan fingerprint density at radius 1 is 1.07 bits per heavy atom. The molecule has 9 heteroatoms. The van der Waals surface area contributed by atoms with Crippen LogP contribution in [0.25, 0.3) is 0 Å². The Hall–Kier alpha value is -3.20. The molecular formula is C20H22F2N2O5. The molecule has 29 heavy (non-hydrogen) atoms. The van der Waals surface area contributed by atoms with Crippen LogP contribution in [-0.2, 0) is 16.0 Å². The van der Waals surface area contributed by atoms with Crippen LogP contribution >= 0.6 is 0 Å². The first-order chi connectivity index (χ1) is 13.8. The van der Waals surface area contributed by atoms with Crippen molar-refractivity contribution in [2.24, 2.45) is 0 Å². The number of nitrogens with one attached hydrogen (secondary N) is 2. The Kier molecular flexibility index (Phi) is 7.90. The van der Waals surface area contributed by atoms with Crippen molar-refractivity contribution in [2.45, 2.75) is 18.9 Å². The van der Waals surface area contributed by atoms with E-state index in [0.29, 0.717) is 24.0 Å². The highest BCUT2D eigenvalue weighted by Crippen LogP contribution is 2.27. The second-order valence-electron chi connectivity index (χ2n) is 6.16. The first-order valence-electron chi connectivity index (χ1n) is 8.76. The Bertz CT molecular complexity index is 876. The van der Waals surface area contributed by atoms with Crippen molar-refractivity contribution in [3.05, 3.63) is 53.6 Å². The van der Waals surface area contributed by atoms with Gasteiger partial charge >= 0.3 is 5.97 Å². The standard InChI is InChI=1S/C20H22F2N2O5/c1-28-17-6-3-12(9-18(17)29-2)7-8-23-16(20(26)27)11-19(25)24-15-5-4-13(21)10-14(15)22/h3-6,9-10,16,23H,7-8,11H2,1-2H3,(H,24,25)(H,26,27). The third-order valence-electron chi connectivity index (χ3n) is 4.15. The predicted octanol–water partition coefficient (Wildman–Crippen LogP) is 2.60. The summed E-state index contributed by atoms with van der Waals surface area (Å²) in [5.41, 5.74) is 0.669. The minimum Gasteiger partial charge on any atom is -0.493 e. The number of halogens is 2. The Morgan fingerprint density at radius 3 is 2.41 bits per heavy atom. The van der Waals surface area contributed by atoms with Crippen molar-refractivity contribution in [1.29, 1.82) is 0 Å². The number of anilines is 1. The fraction of sp³-hybridized carbons (Fsp3) is 0.300. The number of carbonyl (C=O) groups excluding carboxylic acids is 1. The van der Waals surface area contributed by atoms with Gasteiger partial charge in [0.05, 0.1) is 26.3 Å². The van der Waals surface area contributed by atoms with E-state index in [1.54, 1.807) is 12.1 Å². The molecule has 0 aliphatic carbocycles. The van der Waals surface area contributed by atoms with Crippen LogP contribution in [0.5, 0.6) is 11.5 Å². The summed E-state index contributed by atoms with van der Waals surface area (Å²) in [5, 5.41) is 14.4. The molecule has 0 saturated carbocycles. The van der Waals surface area contributed by atoms with Crippen LogP contribution < -0.4 is 20.1 Å². The van der Waals surface area contributed by atoms with E-state index in [4.69, 9.17) is 9.47 Å². The molecule has 1 atom stereocenters. The lowest BCUT2D eigenvalue weighted by Gasteiger charge is -2.15. The predicted molar refractivity (Wildman–Crippen MR) is 102 cm³/mol. The molecule has 0 aliphatic heterocycles. The van der Waals surface area contributed by atoms with Gasteiger partial charge in [-0.2, -0.15) is 0 Å². The van der Waals surface area contributed by atoms with E-state index in [1.807, 2.05) is 6.07 Å². The normalized spacial score (nSPS) is 11.6. The van der Waals surface area contributed by atoms with Gasteiger partial charge in [0, 0.05) is 6.07 Å². The number of ether oxygens (including phenoxy) is 2. The highest BCUT2D eigenvalue weighted by Gasteiger charge is 2.21. The van der Waals surface area contributed by atoms with Gasteiger partial charge in [-0.3, -0.25) is 9.59 Å². The molecular weight excluding hydrogens is 386 g/mol. The minimum absolute atomic E-state index is 0.217. The number of carboxylic acids is 1. The van der Waals surface area contributed by atoms with Gasteiger partial charge in [0.1, 0.15) is 17.7 Å². The monoisotopic (exact) mass is 408 g/mol. The molecule has 2 aromatic rings. The smallest absolute Gasteiger partial charge is 0.321 e. The lowest BCUT2D eigenvalue weighted by Crippen LogP contribution is -2.40. The van der Waals surface area contributed by atoms with Crippen LogP contribution in [0.15, 0.2) is 36.4 Å². The van der Waals surface area contributed by atoms with Crippen molar-refractivity contribution in [3.8, 4) is 11.5 Å². The lowest BCUT2D eigenvalue weighted by molar-refractivity contribution is -0.141. The Balaban J connectivity index is 1.91. The maximum Gasteiger partial charge on any atom is 0.321 e. The molecule has 0 aromatic heterocycles. The number of hydrogen-bond donors (Lipinski definition) is 3. The molecule has 2 rings (SSSR count). The first kappa shape index (κ1) is 22.1. The SMILES string of the molecule is COc1ccc(CCNC(CC(=O)Nc2ccc(F)cc2F)C(=O)O)cc1OC. The summed E-state index contributed by atoms with van der Waals surface area (Å²) < 4.78 is 36.9. The number of aliphatic carboxylic acids is 1. The van der Waals surface area contributed by atoms with Gasteiger partial charge < -0.3 is 25.2 Å². The molecule has 1 amide bonds. The molecule has 0 bridgehead atoms. The summed E-state index contributed by atoms with van der Waals surface area (Å²) in [6.45, 7) is 0.282. The number of carboxylic acid groups (broad SMARTS) is 1. The molecule has 0 saturated heterocycles. The molecule has 156 valence electrons. The van der Waals surface area contributed by atoms with Gasteiger partial charge in [-0.15, -0.1) is 0 Å². The fourth-order valence-electron chi connectivity index (χ4n) is 2.65. The lowest BCUT2D eigenvalue weighted by atomic mass is 10.1. The van der Waals surface area contributed by atoms with Crippen LogP contribution in [0.2, 0.25) is 0 Å². The third kappa shape index (κ3) is 6.42. The number of amides is 1. The van der Waals surface area contributed by atoms with Crippen molar-refractivity contribution in [1.82, 2.24) is 5.32 Å². The van der Waals surface area contributed by atoms with E-state index >= 15 is 0 Å². The van der Waals surface area contributed by atoms with Crippen LogP contribution in [0.3, 0.4) is 0 Å². The zero-order chi connectivity index (χ0) is 21.4. The second kappa shape index (κ2) is 10.4. The van der Waals surface area contributed by atoms with Gasteiger partial charge in [0.15, 0.2) is 11.5 Å². The highest BCUT2D eigenvalue weighted by atomic mass is 19.1. The molecule has 0 spiro atoms. The van der Waals surface area contributed by atoms with Crippen molar-refractivity contribution >= 4 is 17.6 Å². The van der Waals surface area contributed by atoms with Crippen LogP contribution in [0.4, 0.5) is 14.5 Å². The van der Waals surface area contributed by atoms with Crippen molar-refractivity contribution in [2.75, 3.05) is 26.1 Å². The molecule has 2 aromatic carbocycles. The average molecular weight is 408 g/mol. The number of benzene rings is 2. The fourth-order valence-corrected chi connectivity index (χ4v) is 2.65. The maximum absolute atomic E-state index is 13.6. The van der Waals surface area contributed by atoms with E-state index in [1.165, 1.54) is 14.2 Å². The summed E-state index contributed by atoms with van der Waals surface area (Å²) in [7, 11) is 3.04. The quantitative estimate of drug-likeness (QED) is 0.559. The Labute approximate surface area is 166 Å². The van der Waals surface area contributed by atoms with Crippen LogP contribution in [-0.4, -0.2) is 43.8 Å². The summed E-state index contributed by atoms with van der Waals surface area (Å²) in [6, 6.07) is 6.87. The summed E-state index contributed by atoms with van der Waals surface area (Å²) in [6.07, 6.45) is 0.0659. The van der Waals surface area contributed by atoms with E-state index in [0.717, 1.165) is 17.7 Å². The van der Waals surface area contributed by atoms with Gasteiger partial charge in [-0.25, -0.2) is 8.78 Å². The molecule has 0 fully saturated rings. The van der Waals surface area contributed by atoms with E-state index < -0.39 is 36.0 Å². The first-order valence-corrected chi connectivity index (χ1v) is 8.76. The van der Waals surface area contributed by atoms with Crippen LogP contribution in [0.1, 0.15) is 12.0 Å². The molecule has 0 heterocycles. The van der Waals surface area contributed by atoms with Crippen LogP contribution in [0, 0.1) is 11.6 Å². The summed E-state index contributed by atoms with van der Waals surface area (Å²) >= 11 is 0. The molecule has 3 N–H and O–H groups in total. The van der Waals surface area contributed by atoms with E-state index in [2.05, 4.69) is 10.6 Å². The topological polar surface area (TPSA) is 96.9 Å². The maximum atomic E-state index is 13.6.